The molecule has 1 fully saturated rings. The van der Waals surface area contributed by atoms with Gasteiger partial charge in [-0.15, -0.1) is 0 Å². The van der Waals surface area contributed by atoms with E-state index in [2.05, 4.69) is 23.1 Å². The topological polar surface area (TPSA) is 44.1 Å². The number of rotatable bonds is 6. The van der Waals surface area contributed by atoms with Gasteiger partial charge in [0, 0.05) is 25.9 Å². The van der Waals surface area contributed by atoms with Gasteiger partial charge in [0.2, 0.25) is 0 Å². The number of piperidine rings is 1. The predicted molar refractivity (Wildman–Crippen MR) is 98.7 cm³/mol. The van der Waals surface area contributed by atoms with Gasteiger partial charge in [0.25, 0.3) is 0 Å². The standard InChI is InChI=1S/C22H24N2O/c23-16-21-13-20(15-22(25)14-18-7-3-1-4-8-18)11-12-24(21)17-19-9-5-2-6-10-19/h1-10,20-21H,11-15,17H2/t20-,21-/m1/s1. The lowest BCUT2D eigenvalue weighted by Crippen LogP contribution is -2.41. The van der Waals surface area contributed by atoms with Gasteiger partial charge in [0.05, 0.1) is 12.1 Å². The lowest BCUT2D eigenvalue weighted by Gasteiger charge is -2.35. The highest BCUT2D eigenvalue weighted by Crippen LogP contribution is 2.27. The van der Waals surface area contributed by atoms with Gasteiger partial charge >= 0.3 is 0 Å². The minimum atomic E-state index is -0.0940. The lowest BCUT2D eigenvalue weighted by atomic mass is 9.86. The van der Waals surface area contributed by atoms with Gasteiger partial charge in [-0.2, -0.15) is 5.26 Å². The third kappa shape index (κ3) is 5.01. The van der Waals surface area contributed by atoms with Crippen LogP contribution in [0, 0.1) is 17.2 Å². The number of hydrogen-bond donors (Lipinski definition) is 0. The fraction of sp³-hybridized carbons (Fsp3) is 0.364. The van der Waals surface area contributed by atoms with Crippen molar-refractivity contribution in [3.8, 4) is 6.07 Å². The van der Waals surface area contributed by atoms with Gasteiger partial charge in [-0.3, -0.25) is 9.69 Å². The van der Waals surface area contributed by atoms with Crippen LogP contribution in [0.15, 0.2) is 60.7 Å². The van der Waals surface area contributed by atoms with Crippen molar-refractivity contribution in [3.05, 3.63) is 71.8 Å². The Labute approximate surface area is 149 Å². The fourth-order valence-corrected chi connectivity index (χ4v) is 3.63. The van der Waals surface area contributed by atoms with Crippen LogP contribution in [-0.4, -0.2) is 23.3 Å². The van der Waals surface area contributed by atoms with Crippen LogP contribution in [0.1, 0.15) is 30.4 Å². The molecule has 0 spiro atoms. The number of benzene rings is 2. The third-order valence-corrected chi connectivity index (χ3v) is 4.96. The molecule has 0 radical (unpaired) electrons. The molecule has 0 aliphatic carbocycles. The quantitative estimate of drug-likeness (QED) is 0.803. The first-order valence-corrected chi connectivity index (χ1v) is 8.98. The van der Waals surface area contributed by atoms with Crippen molar-refractivity contribution >= 4 is 5.78 Å². The van der Waals surface area contributed by atoms with E-state index in [0.29, 0.717) is 18.8 Å². The summed E-state index contributed by atoms with van der Waals surface area (Å²) in [6.07, 6.45) is 2.88. The van der Waals surface area contributed by atoms with E-state index in [0.717, 1.165) is 31.5 Å². The summed E-state index contributed by atoms with van der Waals surface area (Å²) in [6.45, 7) is 1.69. The van der Waals surface area contributed by atoms with Crippen LogP contribution in [-0.2, 0) is 17.8 Å². The Morgan fingerprint density at radius 1 is 1.04 bits per heavy atom. The molecule has 0 N–H and O–H groups in total. The van der Waals surface area contributed by atoms with Crippen molar-refractivity contribution in [2.45, 2.75) is 38.3 Å². The highest BCUT2D eigenvalue weighted by Gasteiger charge is 2.29. The zero-order valence-electron chi connectivity index (χ0n) is 14.5. The van der Waals surface area contributed by atoms with E-state index in [9.17, 15) is 10.1 Å². The second-order valence-corrected chi connectivity index (χ2v) is 6.90. The molecule has 3 nitrogen and oxygen atoms in total. The van der Waals surface area contributed by atoms with Crippen molar-refractivity contribution in [3.63, 3.8) is 0 Å². The zero-order valence-corrected chi connectivity index (χ0v) is 14.5. The van der Waals surface area contributed by atoms with Crippen LogP contribution in [0.2, 0.25) is 0 Å². The molecule has 1 heterocycles. The van der Waals surface area contributed by atoms with Crippen molar-refractivity contribution < 1.29 is 4.79 Å². The summed E-state index contributed by atoms with van der Waals surface area (Å²) in [5, 5.41) is 9.55. The number of ketones is 1. The molecular formula is C22H24N2O. The molecule has 1 aliphatic heterocycles. The number of hydrogen-bond acceptors (Lipinski definition) is 3. The van der Waals surface area contributed by atoms with Crippen LogP contribution in [0.3, 0.4) is 0 Å². The van der Waals surface area contributed by atoms with Crippen LogP contribution >= 0.6 is 0 Å². The van der Waals surface area contributed by atoms with Crippen molar-refractivity contribution in [2.75, 3.05) is 6.54 Å². The van der Waals surface area contributed by atoms with Crippen LogP contribution in [0.5, 0.6) is 0 Å². The Kier molecular flexibility index (Phi) is 5.98. The number of carbonyl (C=O) groups excluding carboxylic acids is 1. The van der Waals surface area contributed by atoms with Crippen LogP contribution in [0.25, 0.3) is 0 Å². The average molecular weight is 332 g/mol. The second kappa shape index (κ2) is 8.60. The summed E-state index contributed by atoms with van der Waals surface area (Å²) >= 11 is 0. The number of nitriles is 1. The molecule has 1 saturated heterocycles. The average Bonchev–Trinajstić information content (AvgIpc) is 2.64. The molecule has 0 saturated carbocycles. The summed E-state index contributed by atoms with van der Waals surface area (Å²) < 4.78 is 0. The highest BCUT2D eigenvalue weighted by atomic mass is 16.1. The highest BCUT2D eigenvalue weighted by molar-refractivity contribution is 5.81. The van der Waals surface area contributed by atoms with Crippen molar-refractivity contribution in [2.24, 2.45) is 5.92 Å². The maximum absolute atomic E-state index is 12.4. The van der Waals surface area contributed by atoms with E-state index >= 15 is 0 Å². The molecule has 0 bridgehead atoms. The Morgan fingerprint density at radius 3 is 2.32 bits per heavy atom. The minimum Gasteiger partial charge on any atom is -0.299 e. The molecule has 2 atom stereocenters. The first kappa shape index (κ1) is 17.4. The van der Waals surface area contributed by atoms with E-state index in [1.54, 1.807) is 0 Å². The van der Waals surface area contributed by atoms with E-state index in [1.165, 1.54) is 5.56 Å². The maximum atomic E-state index is 12.4. The Morgan fingerprint density at radius 2 is 1.68 bits per heavy atom. The van der Waals surface area contributed by atoms with Crippen LogP contribution in [0.4, 0.5) is 0 Å². The molecule has 128 valence electrons. The Hall–Kier alpha value is -2.44. The first-order chi connectivity index (χ1) is 12.2. The number of Topliss-reactive ketones (excluding diaryl/α,β-unsaturated/α-hetero) is 1. The minimum absolute atomic E-state index is 0.0940. The van der Waals surface area contributed by atoms with E-state index in [1.807, 2.05) is 48.5 Å². The van der Waals surface area contributed by atoms with Gasteiger partial charge in [-0.1, -0.05) is 60.7 Å². The molecule has 2 aromatic carbocycles. The number of nitrogens with zero attached hydrogens (tertiary/aromatic N) is 2. The summed E-state index contributed by atoms with van der Waals surface area (Å²) in [4.78, 5) is 14.6. The normalized spacial score (nSPS) is 20.8. The molecule has 3 rings (SSSR count). The maximum Gasteiger partial charge on any atom is 0.137 e. The number of carbonyl (C=O) groups is 1. The fourth-order valence-electron chi connectivity index (χ4n) is 3.63. The Balaban J connectivity index is 1.53. The smallest absolute Gasteiger partial charge is 0.137 e. The third-order valence-electron chi connectivity index (χ3n) is 4.96. The summed E-state index contributed by atoms with van der Waals surface area (Å²) in [5.41, 5.74) is 2.31. The summed E-state index contributed by atoms with van der Waals surface area (Å²) in [7, 11) is 0. The van der Waals surface area contributed by atoms with Gasteiger partial charge in [-0.25, -0.2) is 0 Å². The van der Waals surface area contributed by atoms with Gasteiger partial charge < -0.3 is 0 Å². The number of likely N-dealkylation sites (tertiary alicyclic amines) is 1. The van der Waals surface area contributed by atoms with Gasteiger partial charge in [0.15, 0.2) is 0 Å². The van der Waals surface area contributed by atoms with Crippen LogP contribution < -0.4 is 0 Å². The van der Waals surface area contributed by atoms with E-state index in [-0.39, 0.29) is 11.8 Å². The molecule has 0 amide bonds. The predicted octanol–water partition coefficient (Wildman–Crippen LogP) is 3.99. The molecule has 0 aromatic heterocycles. The molecule has 2 aromatic rings. The lowest BCUT2D eigenvalue weighted by molar-refractivity contribution is -0.119. The molecule has 1 aliphatic rings. The Bertz CT molecular complexity index is 721. The van der Waals surface area contributed by atoms with Gasteiger partial charge in [0.1, 0.15) is 5.78 Å². The van der Waals surface area contributed by atoms with E-state index < -0.39 is 0 Å². The monoisotopic (exact) mass is 332 g/mol. The molecular weight excluding hydrogens is 308 g/mol. The molecule has 3 heteroatoms. The first-order valence-electron chi connectivity index (χ1n) is 8.98. The van der Waals surface area contributed by atoms with Crippen molar-refractivity contribution in [1.29, 1.82) is 5.26 Å². The summed E-state index contributed by atoms with van der Waals surface area (Å²) in [6, 6.07) is 22.5. The summed E-state index contributed by atoms with van der Waals surface area (Å²) in [5.74, 6) is 0.609. The molecule has 0 unspecified atom stereocenters. The van der Waals surface area contributed by atoms with E-state index in [4.69, 9.17) is 0 Å². The van der Waals surface area contributed by atoms with Gasteiger partial charge in [-0.05, 0) is 29.9 Å². The second-order valence-electron chi connectivity index (χ2n) is 6.90. The van der Waals surface area contributed by atoms with Crippen molar-refractivity contribution in [1.82, 2.24) is 4.90 Å². The largest absolute Gasteiger partial charge is 0.299 e. The SMILES string of the molecule is N#C[C@H]1C[C@H](CC(=O)Cc2ccccc2)CCN1Cc1ccccc1. The zero-order chi connectivity index (χ0) is 17.5. The molecule has 25 heavy (non-hydrogen) atoms.